The predicted octanol–water partition coefficient (Wildman–Crippen LogP) is 7.00. The standard InChI is InChI=1S/C24H21IN2O2S/c1-2-3-14-29-18-11-8-16(9-12-18)23(28)26-20-13-10-17(25)15-19(20)24-27-21-6-4-5-7-22(21)30-24/h4-13,15H,2-3,14H2,1H3,(H,26,28). The van der Waals surface area contributed by atoms with E-state index in [1.807, 2.05) is 42.5 Å². The quantitative estimate of drug-likeness (QED) is 0.208. The third kappa shape index (κ3) is 4.82. The fraction of sp³-hybridized carbons (Fsp3) is 0.167. The molecule has 4 aromatic rings. The molecule has 0 bridgehead atoms. The Bertz CT molecular complexity index is 1140. The zero-order chi connectivity index (χ0) is 20.9. The van der Waals surface area contributed by atoms with E-state index in [1.165, 1.54) is 0 Å². The Morgan fingerprint density at radius 2 is 1.90 bits per heavy atom. The molecule has 0 fully saturated rings. The van der Waals surface area contributed by atoms with E-state index in [1.54, 1.807) is 23.5 Å². The van der Waals surface area contributed by atoms with Gasteiger partial charge in [0.2, 0.25) is 0 Å². The number of halogens is 1. The summed E-state index contributed by atoms with van der Waals surface area (Å²) in [5, 5.41) is 3.95. The van der Waals surface area contributed by atoms with Crippen LogP contribution < -0.4 is 10.1 Å². The molecule has 1 heterocycles. The number of hydrogen-bond acceptors (Lipinski definition) is 4. The maximum absolute atomic E-state index is 12.9. The molecular weight excluding hydrogens is 507 g/mol. The van der Waals surface area contributed by atoms with Crippen LogP contribution in [0.4, 0.5) is 5.69 Å². The summed E-state index contributed by atoms with van der Waals surface area (Å²) in [7, 11) is 0. The van der Waals surface area contributed by atoms with Gasteiger partial charge in [-0.25, -0.2) is 4.98 Å². The molecule has 0 atom stereocenters. The first-order chi connectivity index (χ1) is 14.6. The highest BCUT2D eigenvalue weighted by atomic mass is 127. The summed E-state index contributed by atoms with van der Waals surface area (Å²) in [5.74, 6) is 0.628. The molecule has 0 saturated carbocycles. The van der Waals surface area contributed by atoms with Gasteiger partial charge >= 0.3 is 0 Å². The number of carbonyl (C=O) groups is 1. The molecule has 1 N–H and O–H groups in total. The van der Waals surface area contributed by atoms with Crippen LogP contribution >= 0.6 is 33.9 Å². The molecule has 0 saturated heterocycles. The lowest BCUT2D eigenvalue weighted by Gasteiger charge is -2.11. The van der Waals surface area contributed by atoms with Crippen LogP contribution in [0, 0.1) is 3.57 Å². The molecule has 1 amide bonds. The summed E-state index contributed by atoms with van der Waals surface area (Å²) >= 11 is 3.91. The van der Waals surface area contributed by atoms with Gasteiger partial charge in [-0.3, -0.25) is 4.79 Å². The van der Waals surface area contributed by atoms with Gasteiger partial charge in [-0.1, -0.05) is 25.5 Å². The van der Waals surface area contributed by atoms with Crippen LogP contribution in [0.1, 0.15) is 30.1 Å². The molecule has 0 radical (unpaired) electrons. The van der Waals surface area contributed by atoms with E-state index in [0.29, 0.717) is 12.2 Å². The van der Waals surface area contributed by atoms with Crippen molar-refractivity contribution in [1.82, 2.24) is 4.98 Å². The number of nitrogens with zero attached hydrogens (tertiary/aromatic N) is 1. The lowest BCUT2D eigenvalue weighted by atomic mass is 10.1. The first-order valence-corrected chi connectivity index (χ1v) is 11.7. The SMILES string of the molecule is CCCCOc1ccc(C(=O)Nc2ccc(I)cc2-c2nc3ccccc3s2)cc1. The number of nitrogens with one attached hydrogen (secondary N) is 1. The van der Waals surface area contributed by atoms with Gasteiger partial charge in [0, 0.05) is 14.7 Å². The van der Waals surface area contributed by atoms with Gasteiger partial charge in [0.15, 0.2) is 0 Å². The highest BCUT2D eigenvalue weighted by Crippen LogP contribution is 2.35. The monoisotopic (exact) mass is 528 g/mol. The molecule has 152 valence electrons. The molecule has 0 aliphatic rings. The summed E-state index contributed by atoms with van der Waals surface area (Å²) in [4.78, 5) is 17.6. The van der Waals surface area contributed by atoms with E-state index in [0.717, 1.165) is 48.6 Å². The minimum absolute atomic E-state index is 0.154. The Morgan fingerprint density at radius 1 is 1.10 bits per heavy atom. The number of para-hydroxylation sites is 1. The summed E-state index contributed by atoms with van der Waals surface area (Å²) in [5.41, 5.74) is 3.23. The fourth-order valence-electron chi connectivity index (χ4n) is 3.02. The van der Waals surface area contributed by atoms with Crippen molar-refractivity contribution in [3.63, 3.8) is 0 Å². The number of rotatable bonds is 7. The average Bonchev–Trinajstić information content (AvgIpc) is 3.20. The molecule has 0 aliphatic heterocycles. The molecule has 3 aromatic carbocycles. The molecule has 0 aliphatic carbocycles. The molecule has 4 rings (SSSR count). The normalized spacial score (nSPS) is 10.9. The Morgan fingerprint density at radius 3 is 2.67 bits per heavy atom. The van der Waals surface area contributed by atoms with Crippen molar-refractivity contribution in [3.05, 3.63) is 75.9 Å². The van der Waals surface area contributed by atoms with Crippen LogP contribution in [-0.4, -0.2) is 17.5 Å². The molecular formula is C24H21IN2O2S. The van der Waals surface area contributed by atoms with Crippen LogP contribution in [0.15, 0.2) is 66.7 Å². The second-order valence-electron chi connectivity index (χ2n) is 6.86. The Balaban J connectivity index is 1.56. The van der Waals surface area contributed by atoms with E-state index in [9.17, 15) is 4.79 Å². The first-order valence-electron chi connectivity index (χ1n) is 9.84. The second-order valence-corrected chi connectivity index (χ2v) is 9.13. The van der Waals surface area contributed by atoms with Crippen molar-refractivity contribution in [2.24, 2.45) is 0 Å². The smallest absolute Gasteiger partial charge is 0.255 e. The number of fused-ring (bicyclic) bond motifs is 1. The van der Waals surface area contributed by atoms with Crippen LogP contribution in [0.3, 0.4) is 0 Å². The van der Waals surface area contributed by atoms with Gasteiger partial charge < -0.3 is 10.1 Å². The van der Waals surface area contributed by atoms with Crippen molar-refractivity contribution in [2.75, 3.05) is 11.9 Å². The van der Waals surface area contributed by atoms with E-state index >= 15 is 0 Å². The van der Waals surface area contributed by atoms with E-state index in [-0.39, 0.29) is 5.91 Å². The van der Waals surface area contributed by atoms with Gasteiger partial charge in [-0.05, 0) is 83.6 Å². The van der Waals surface area contributed by atoms with E-state index in [2.05, 4.69) is 47.0 Å². The number of anilines is 1. The second kappa shape index (κ2) is 9.57. The predicted molar refractivity (Wildman–Crippen MR) is 133 cm³/mol. The maximum Gasteiger partial charge on any atom is 0.255 e. The van der Waals surface area contributed by atoms with Crippen molar-refractivity contribution >= 4 is 55.7 Å². The average molecular weight is 528 g/mol. The molecule has 30 heavy (non-hydrogen) atoms. The van der Waals surface area contributed by atoms with E-state index in [4.69, 9.17) is 9.72 Å². The summed E-state index contributed by atoms with van der Waals surface area (Å²) < 4.78 is 7.90. The van der Waals surface area contributed by atoms with Crippen molar-refractivity contribution < 1.29 is 9.53 Å². The number of ether oxygens (including phenoxy) is 1. The third-order valence-corrected chi connectivity index (χ3v) is 6.38. The Hall–Kier alpha value is -2.45. The lowest BCUT2D eigenvalue weighted by molar-refractivity contribution is 0.102. The van der Waals surface area contributed by atoms with Gasteiger partial charge in [-0.15, -0.1) is 11.3 Å². The molecule has 4 nitrogen and oxygen atoms in total. The fourth-order valence-corrected chi connectivity index (χ4v) is 4.51. The summed E-state index contributed by atoms with van der Waals surface area (Å²) in [6, 6.07) is 21.3. The number of unbranched alkanes of at least 4 members (excludes halogenated alkanes) is 1. The number of carbonyl (C=O) groups excluding carboxylic acids is 1. The number of benzene rings is 3. The van der Waals surface area contributed by atoms with Crippen LogP contribution in [-0.2, 0) is 0 Å². The topological polar surface area (TPSA) is 51.2 Å². The molecule has 0 unspecified atom stereocenters. The summed E-state index contributed by atoms with van der Waals surface area (Å²) in [6.07, 6.45) is 2.11. The summed E-state index contributed by atoms with van der Waals surface area (Å²) in [6.45, 7) is 2.82. The van der Waals surface area contributed by atoms with Crippen LogP contribution in [0.2, 0.25) is 0 Å². The van der Waals surface area contributed by atoms with Crippen LogP contribution in [0.25, 0.3) is 20.8 Å². The first kappa shape index (κ1) is 20.8. The minimum atomic E-state index is -0.154. The molecule has 0 spiro atoms. The van der Waals surface area contributed by atoms with Crippen molar-refractivity contribution in [3.8, 4) is 16.3 Å². The minimum Gasteiger partial charge on any atom is -0.494 e. The Labute approximate surface area is 193 Å². The van der Waals surface area contributed by atoms with Gasteiger partial charge in [0.25, 0.3) is 5.91 Å². The maximum atomic E-state index is 12.9. The highest BCUT2D eigenvalue weighted by Gasteiger charge is 2.14. The molecule has 1 aromatic heterocycles. The van der Waals surface area contributed by atoms with Crippen molar-refractivity contribution in [1.29, 1.82) is 0 Å². The van der Waals surface area contributed by atoms with Gasteiger partial charge in [0.1, 0.15) is 10.8 Å². The highest BCUT2D eigenvalue weighted by molar-refractivity contribution is 14.1. The Kier molecular flexibility index (Phi) is 6.64. The van der Waals surface area contributed by atoms with Gasteiger partial charge in [-0.2, -0.15) is 0 Å². The largest absolute Gasteiger partial charge is 0.494 e. The third-order valence-electron chi connectivity index (χ3n) is 4.64. The molecule has 6 heteroatoms. The number of hydrogen-bond donors (Lipinski definition) is 1. The van der Waals surface area contributed by atoms with Gasteiger partial charge in [0.05, 0.1) is 22.5 Å². The number of amides is 1. The lowest BCUT2D eigenvalue weighted by Crippen LogP contribution is -2.12. The number of thiazole rings is 1. The zero-order valence-corrected chi connectivity index (χ0v) is 19.5. The number of aromatic nitrogens is 1. The van der Waals surface area contributed by atoms with Crippen LogP contribution in [0.5, 0.6) is 5.75 Å². The zero-order valence-electron chi connectivity index (χ0n) is 16.5. The van der Waals surface area contributed by atoms with E-state index < -0.39 is 0 Å². The van der Waals surface area contributed by atoms with Crippen molar-refractivity contribution in [2.45, 2.75) is 19.8 Å².